The smallest absolute Gasteiger partial charge is 0.352 e. The lowest BCUT2D eigenvalue weighted by Crippen LogP contribution is -2.27. The van der Waals surface area contributed by atoms with Crippen LogP contribution in [0.5, 0.6) is 11.5 Å². The van der Waals surface area contributed by atoms with Gasteiger partial charge in [-0.1, -0.05) is 48.0 Å². The molecule has 6 nitrogen and oxygen atoms in total. The lowest BCUT2D eigenvalue weighted by atomic mass is 10.1. The van der Waals surface area contributed by atoms with Gasteiger partial charge < -0.3 is 19.9 Å². The summed E-state index contributed by atoms with van der Waals surface area (Å²) in [5.41, 5.74) is 2.90. The van der Waals surface area contributed by atoms with Gasteiger partial charge in [0.15, 0.2) is 11.5 Å². The molecule has 0 radical (unpaired) electrons. The first kappa shape index (κ1) is 24.3. The number of nitrogens with one attached hydrogen (secondary N) is 1. The number of ether oxygens (including phenoxy) is 2. The molecule has 0 saturated carbocycles. The SMILES string of the molecule is CCOc1cc(/C=C(/NC(=O)c2ccccc2)C(=O)O)cc(I)c1OCc1ccc(C)cc1. The van der Waals surface area contributed by atoms with Crippen molar-refractivity contribution in [1.29, 1.82) is 0 Å². The van der Waals surface area contributed by atoms with Crippen molar-refractivity contribution in [2.75, 3.05) is 6.61 Å². The highest BCUT2D eigenvalue weighted by molar-refractivity contribution is 14.1. The van der Waals surface area contributed by atoms with Crippen LogP contribution in [0.4, 0.5) is 0 Å². The van der Waals surface area contributed by atoms with Crippen molar-refractivity contribution in [1.82, 2.24) is 5.32 Å². The molecule has 0 fully saturated rings. The minimum Gasteiger partial charge on any atom is -0.490 e. The summed E-state index contributed by atoms with van der Waals surface area (Å²) in [7, 11) is 0. The van der Waals surface area contributed by atoms with E-state index in [2.05, 4.69) is 27.9 Å². The van der Waals surface area contributed by atoms with Gasteiger partial charge in [0.25, 0.3) is 5.91 Å². The number of hydrogen-bond acceptors (Lipinski definition) is 4. The molecule has 1 amide bonds. The van der Waals surface area contributed by atoms with Crippen LogP contribution in [0.1, 0.15) is 34.0 Å². The standard InChI is InChI=1S/C26H24INO5/c1-3-32-23-15-19(13-21(27)24(23)33-16-18-11-9-17(2)10-12-18)14-22(26(30)31)28-25(29)20-7-5-4-6-8-20/h4-15H,3,16H2,1-2H3,(H,28,29)(H,30,31)/b22-14+. The molecule has 170 valence electrons. The largest absolute Gasteiger partial charge is 0.490 e. The van der Waals surface area contributed by atoms with Crippen LogP contribution in [0.15, 0.2) is 72.4 Å². The molecule has 0 bridgehead atoms. The molecule has 3 aromatic carbocycles. The first-order chi connectivity index (χ1) is 15.9. The molecule has 7 heteroatoms. The minimum absolute atomic E-state index is 0.240. The van der Waals surface area contributed by atoms with Gasteiger partial charge in [0.05, 0.1) is 10.2 Å². The Bertz CT molecular complexity index is 1160. The first-order valence-electron chi connectivity index (χ1n) is 10.3. The molecule has 0 aliphatic rings. The van der Waals surface area contributed by atoms with E-state index in [1.54, 1.807) is 42.5 Å². The van der Waals surface area contributed by atoms with E-state index in [9.17, 15) is 14.7 Å². The topological polar surface area (TPSA) is 84.9 Å². The molecular formula is C26H24INO5. The Balaban J connectivity index is 1.86. The number of hydrogen-bond donors (Lipinski definition) is 2. The maximum atomic E-state index is 12.4. The Morgan fingerprint density at radius 1 is 1.03 bits per heavy atom. The van der Waals surface area contributed by atoms with Gasteiger partial charge in [0.2, 0.25) is 0 Å². The predicted octanol–water partition coefficient (Wildman–Crippen LogP) is 5.43. The van der Waals surface area contributed by atoms with E-state index in [1.165, 1.54) is 11.6 Å². The van der Waals surface area contributed by atoms with E-state index >= 15 is 0 Å². The zero-order chi connectivity index (χ0) is 23.8. The molecule has 0 spiro atoms. The fourth-order valence-electron chi connectivity index (χ4n) is 3.02. The van der Waals surface area contributed by atoms with Crippen molar-refractivity contribution in [3.05, 3.63) is 98.3 Å². The summed E-state index contributed by atoms with van der Waals surface area (Å²) in [5.74, 6) is -0.656. The van der Waals surface area contributed by atoms with Crippen molar-refractivity contribution >= 4 is 40.5 Å². The number of carbonyl (C=O) groups is 2. The summed E-state index contributed by atoms with van der Waals surface area (Å²) in [6.07, 6.45) is 1.40. The Labute approximate surface area is 206 Å². The van der Waals surface area contributed by atoms with Gasteiger partial charge >= 0.3 is 5.97 Å². The van der Waals surface area contributed by atoms with Gasteiger partial charge in [-0.3, -0.25) is 4.79 Å². The molecule has 0 heterocycles. The summed E-state index contributed by atoms with van der Waals surface area (Å²) in [6, 6.07) is 20.0. The van der Waals surface area contributed by atoms with Gasteiger partial charge in [-0.05, 0) is 77.9 Å². The Hall–Kier alpha value is -3.33. The zero-order valence-corrected chi connectivity index (χ0v) is 20.5. The molecule has 0 aliphatic heterocycles. The fraction of sp³-hybridized carbons (Fsp3) is 0.154. The summed E-state index contributed by atoms with van der Waals surface area (Å²) < 4.78 is 12.6. The second-order valence-electron chi connectivity index (χ2n) is 7.22. The number of carbonyl (C=O) groups excluding carboxylic acids is 1. The van der Waals surface area contributed by atoms with Crippen molar-refractivity contribution in [2.24, 2.45) is 0 Å². The number of aryl methyl sites for hydroxylation is 1. The van der Waals surface area contributed by atoms with Gasteiger partial charge in [0.1, 0.15) is 12.3 Å². The molecule has 3 rings (SSSR count). The number of rotatable bonds is 9. The highest BCUT2D eigenvalue weighted by Gasteiger charge is 2.16. The average Bonchev–Trinajstić information content (AvgIpc) is 2.80. The molecular weight excluding hydrogens is 533 g/mol. The lowest BCUT2D eigenvalue weighted by molar-refractivity contribution is -0.132. The van der Waals surface area contributed by atoms with E-state index in [-0.39, 0.29) is 5.70 Å². The van der Waals surface area contributed by atoms with E-state index in [0.29, 0.717) is 35.8 Å². The second kappa shape index (κ2) is 11.5. The molecule has 3 aromatic rings. The predicted molar refractivity (Wildman–Crippen MR) is 135 cm³/mol. The fourth-order valence-corrected chi connectivity index (χ4v) is 3.80. The monoisotopic (exact) mass is 557 g/mol. The maximum absolute atomic E-state index is 12.4. The average molecular weight is 557 g/mol. The van der Waals surface area contributed by atoms with Crippen LogP contribution in [0.2, 0.25) is 0 Å². The Morgan fingerprint density at radius 2 is 1.73 bits per heavy atom. The van der Waals surface area contributed by atoms with E-state index in [4.69, 9.17) is 9.47 Å². The van der Waals surface area contributed by atoms with Crippen molar-refractivity contribution < 1.29 is 24.2 Å². The molecule has 0 aromatic heterocycles. The van der Waals surface area contributed by atoms with Crippen molar-refractivity contribution in [2.45, 2.75) is 20.5 Å². The molecule has 0 atom stereocenters. The van der Waals surface area contributed by atoms with Gasteiger partial charge in [-0.2, -0.15) is 0 Å². The molecule has 0 unspecified atom stereocenters. The number of carboxylic acids is 1. The lowest BCUT2D eigenvalue weighted by Gasteiger charge is -2.15. The van der Waals surface area contributed by atoms with Crippen LogP contribution in [0, 0.1) is 10.5 Å². The third-order valence-electron chi connectivity index (χ3n) is 4.66. The van der Waals surface area contributed by atoms with E-state index in [1.807, 2.05) is 38.1 Å². The molecule has 33 heavy (non-hydrogen) atoms. The summed E-state index contributed by atoms with van der Waals surface area (Å²) in [6.45, 7) is 4.68. The van der Waals surface area contributed by atoms with Crippen molar-refractivity contribution in [3.8, 4) is 11.5 Å². The van der Waals surface area contributed by atoms with E-state index in [0.717, 1.165) is 9.13 Å². The Kier molecular flexibility index (Phi) is 8.48. The normalized spacial score (nSPS) is 11.1. The van der Waals surface area contributed by atoms with Crippen LogP contribution in [-0.4, -0.2) is 23.6 Å². The summed E-state index contributed by atoms with van der Waals surface area (Å²) in [5, 5.41) is 12.1. The van der Waals surface area contributed by atoms with Crippen LogP contribution in [0.3, 0.4) is 0 Å². The summed E-state index contributed by atoms with van der Waals surface area (Å²) >= 11 is 2.13. The number of aliphatic carboxylic acids is 1. The zero-order valence-electron chi connectivity index (χ0n) is 18.3. The summed E-state index contributed by atoms with van der Waals surface area (Å²) in [4.78, 5) is 24.2. The third kappa shape index (κ3) is 6.82. The van der Waals surface area contributed by atoms with Crippen LogP contribution in [0.25, 0.3) is 6.08 Å². The number of carboxylic acid groups (broad SMARTS) is 1. The Morgan fingerprint density at radius 3 is 2.36 bits per heavy atom. The maximum Gasteiger partial charge on any atom is 0.352 e. The first-order valence-corrected chi connectivity index (χ1v) is 11.4. The highest BCUT2D eigenvalue weighted by Crippen LogP contribution is 2.35. The van der Waals surface area contributed by atoms with Crippen LogP contribution < -0.4 is 14.8 Å². The molecule has 0 aliphatic carbocycles. The van der Waals surface area contributed by atoms with Gasteiger partial charge in [-0.15, -0.1) is 0 Å². The van der Waals surface area contributed by atoms with Crippen LogP contribution >= 0.6 is 22.6 Å². The highest BCUT2D eigenvalue weighted by atomic mass is 127. The van der Waals surface area contributed by atoms with E-state index < -0.39 is 11.9 Å². The second-order valence-corrected chi connectivity index (χ2v) is 8.38. The minimum atomic E-state index is -1.24. The van der Waals surface area contributed by atoms with Gasteiger partial charge in [-0.25, -0.2) is 4.79 Å². The van der Waals surface area contributed by atoms with Gasteiger partial charge in [0, 0.05) is 5.56 Å². The quantitative estimate of drug-likeness (QED) is 0.271. The molecule has 2 N–H and O–H groups in total. The van der Waals surface area contributed by atoms with Crippen molar-refractivity contribution in [3.63, 3.8) is 0 Å². The molecule has 0 saturated heterocycles. The number of amides is 1. The number of benzene rings is 3. The van der Waals surface area contributed by atoms with Crippen LogP contribution in [-0.2, 0) is 11.4 Å². The third-order valence-corrected chi connectivity index (χ3v) is 5.46. The number of halogens is 1.